The largest absolute Gasteiger partial charge is 0.471 e. The highest BCUT2D eigenvalue weighted by Gasteiger charge is 2.40. The van der Waals surface area contributed by atoms with Crippen LogP contribution in [0.4, 0.5) is 18.0 Å². The van der Waals surface area contributed by atoms with E-state index in [9.17, 15) is 22.8 Å². The average Bonchev–Trinajstić information content (AvgIpc) is 3.11. The zero-order chi connectivity index (χ0) is 19.9. The molecule has 7 nitrogen and oxygen atoms in total. The molecule has 0 bridgehead atoms. The third-order valence-electron chi connectivity index (χ3n) is 4.80. The van der Waals surface area contributed by atoms with E-state index in [-0.39, 0.29) is 6.54 Å². The molecule has 148 valence electrons. The first-order valence-electron chi connectivity index (χ1n) is 8.71. The number of fused-ring (bicyclic) bond motifs is 2. The Labute approximate surface area is 157 Å². The Morgan fingerprint density at radius 1 is 1.32 bits per heavy atom. The molecule has 1 N–H and O–H groups in total. The fourth-order valence-corrected chi connectivity index (χ4v) is 3.51. The van der Waals surface area contributed by atoms with E-state index in [2.05, 4.69) is 5.16 Å². The van der Waals surface area contributed by atoms with E-state index in [1.807, 2.05) is 18.2 Å². The third-order valence-corrected chi connectivity index (χ3v) is 4.80. The number of carbonyl (C=O) groups excluding carboxylic acids is 2. The van der Waals surface area contributed by atoms with Gasteiger partial charge in [-0.15, -0.1) is 0 Å². The fraction of sp³-hybridized carbons (Fsp3) is 0.389. The highest BCUT2D eigenvalue weighted by molar-refractivity contribution is 5.81. The third kappa shape index (κ3) is 3.41. The van der Waals surface area contributed by atoms with Crippen molar-refractivity contribution < 1.29 is 32.3 Å². The molecular weight excluding hydrogens is 379 g/mol. The lowest BCUT2D eigenvalue weighted by Gasteiger charge is -2.14. The second-order valence-electron chi connectivity index (χ2n) is 6.64. The number of alkyl halides is 3. The van der Waals surface area contributed by atoms with Crippen LogP contribution >= 0.6 is 0 Å². The number of hydrogen-bond acceptors (Lipinski definition) is 5. The van der Waals surface area contributed by atoms with Crippen molar-refractivity contribution in [3.8, 4) is 0 Å². The summed E-state index contributed by atoms with van der Waals surface area (Å²) in [5.74, 6) is -1.36. The molecule has 2 heterocycles. The standard InChI is InChI=1S/C18H16F3N3O4/c19-18(20,21)16(25)22-8-12-9-24(17(26)27-12)11-2-1-3-13-10(6-11)7-15-14(13)4-5-23-28-15/h2,5-7,12H,1,3-4,8-9H2,(H,22,25)/t12-/m0/s1. The van der Waals surface area contributed by atoms with E-state index in [4.69, 9.17) is 9.57 Å². The minimum absolute atomic E-state index is 0.0503. The van der Waals surface area contributed by atoms with Crippen LogP contribution in [0, 0.1) is 0 Å². The molecule has 2 amide bonds. The quantitative estimate of drug-likeness (QED) is 0.797. The fourth-order valence-electron chi connectivity index (χ4n) is 3.51. The zero-order valence-electron chi connectivity index (χ0n) is 14.6. The van der Waals surface area contributed by atoms with Crippen molar-refractivity contribution in [2.45, 2.75) is 31.5 Å². The molecule has 1 saturated heterocycles. The molecule has 4 rings (SSSR count). The molecule has 0 radical (unpaired) electrons. The first-order valence-corrected chi connectivity index (χ1v) is 8.71. The SMILES string of the molecule is O=C1O[C@@H](CNC(=O)C(F)(F)F)CN1C1=CCCC2=C3CC=NOC3=CC2=C1. The minimum atomic E-state index is -4.97. The predicted molar refractivity (Wildman–Crippen MR) is 90.7 cm³/mol. The van der Waals surface area contributed by atoms with Crippen LogP contribution in [0.15, 0.2) is 51.6 Å². The minimum Gasteiger partial charge on any atom is -0.442 e. The monoisotopic (exact) mass is 395 g/mol. The van der Waals surface area contributed by atoms with E-state index in [1.165, 1.54) is 4.90 Å². The smallest absolute Gasteiger partial charge is 0.442 e. The van der Waals surface area contributed by atoms with Gasteiger partial charge >= 0.3 is 18.2 Å². The summed E-state index contributed by atoms with van der Waals surface area (Å²) in [6.45, 7) is -0.358. The Bertz CT molecular complexity index is 883. The summed E-state index contributed by atoms with van der Waals surface area (Å²) in [6, 6.07) is 0. The number of cyclic esters (lactones) is 1. The van der Waals surface area contributed by atoms with Crippen molar-refractivity contribution in [3.63, 3.8) is 0 Å². The molecule has 1 fully saturated rings. The zero-order valence-corrected chi connectivity index (χ0v) is 14.6. The summed E-state index contributed by atoms with van der Waals surface area (Å²) in [4.78, 5) is 29.8. The lowest BCUT2D eigenvalue weighted by molar-refractivity contribution is -0.173. The number of nitrogens with one attached hydrogen (secondary N) is 1. The van der Waals surface area contributed by atoms with Gasteiger partial charge in [0.25, 0.3) is 0 Å². The number of carbonyl (C=O) groups is 2. The Morgan fingerprint density at radius 3 is 2.93 bits per heavy atom. The normalized spacial score (nSPS) is 23.8. The highest BCUT2D eigenvalue weighted by atomic mass is 19.4. The van der Waals surface area contributed by atoms with Crippen LogP contribution < -0.4 is 5.32 Å². The molecule has 4 aliphatic rings. The summed E-state index contributed by atoms with van der Waals surface area (Å²) >= 11 is 0. The molecule has 0 saturated carbocycles. The Kier molecular flexibility index (Phi) is 4.48. The Balaban J connectivity index is 1.46. The molecular formula is C18H16F3N3O4. The van der Waals surface area contributed by atoms with Crippen molar-refractivity contribution in [2.75, 3.05) is 13.1 Å². The molecule has 10 heteroatoms. The lowest BCUT2D eigenvalue weighted by Crippen LogP contribution is -2.41. The number of halogens is 3. The van der Waals surface area contributed by atoms with Gasteiger partial charge in [-0.05, 0) is 36.1 Å². The van der Waals surface area contributed by atoms with Crippen LogP contribution in [-0.2, 0) is 14.4 Å². The van der Waals surface area contributed by atoms with E-state index in [0.717, 1.165) is 23.1 Å². The summed E-state index contributed by atoms with van der Waals surface area (Å²) in [7, 11) is 0. The average molecular weight is 395 g/mol. The van der Waals surface area contributed by atoms with Crippen molar-refractivity contribution in [2.24, 2.45) is 5.16 Å². The number of hydrogen-bond donors (Lipinski definition) is 1. The van der Waals surface area contributed by atoms with Crippen molar-refractivity contribution in [1.29, 1.82) is 0 Å². The molecule has 28 heavy (non-hydrogen) atoms. The van der Waals surface area contributed by atoms with Crippen LogP contribution in [0.3, 0.4) is 0 Å². The van der Waals surface area contributed by atoms with Crippen molar-refractivity contribution >= 4 is 18.2 Å². The Morgan fingerprint density at radius 2 is 2.14 bits per heavy atom. The highest BCUT2D eigenvalue weighted by Crippen LogP contribution is 2.40. The number of nitrogens with zero attached hydrogens (tertiary/aromatic N) is 2. The van der Waals surface area contributed by atoms with Gasteiger partial charge in [0.15, 0.2) is 5.76 Å². The topological polar surface area (TPSA) is 80.2 Å². The molecule has 0 spiro atoms. The van der Waals surface area contributed by atoms with Crippen LogP contribution in [0.1, 0.15) is 19.3 Å². The van der Waals surface area contributed by atoms with Gasteiger partial charge in [-0.25, -0.2) is 4.79 Å². The van der Waals surface area contributed by atoms with Gasteiger partial charge in [-0.1, -0.05) is 11.2 Å². The Hall–Kier alpha value is -3.04. The molecule has 0 aromatic rings. The number of oxime groups is 1. The van der Waals surface area contributed by atoms with Crippen LogP contribution in [0.2, 0.25) is 0 Å². The second kappa shape index (κ2) is 6.84. The first kappa shape index (κ1) is 18.3. The van der Waals surface area contributed by atoms with Crippen LogP contribution in [0.5, 0.6) is 0 Å². The van der Waals surface area contributed by atoms with E-state index in [0.29, 0.717) is 24.3 Å². The molecule has 2 aliphatic carbocycles. The molecule has 0 aromatic heterocycles. The maximum atomic E-state index is 12.3. The van der Waals surface area contributed by atoms with Crippen molar-refractivity contribution in [3.05, 3.63) is 46.4 Å². The second-order valence-corrected chi connectivity index (χ2v) is 6.64. The van der Waals surface area contributed by atoms with Gasteiger partial charge in [0.1, 0.15) is 6.10 Å². The van der Waals surface area contributed by atoms with Gasteiger partial charge < -0.3 is 14.9 Å². The summed E-state index contributed by atoms with van der Waals surface area (Å²) < 4.78 is 42.0. The number of allylic oxidation sites excluding steroid dienone is 6. The van der Waals surface area contributed by atoms with Crippen LogP contribution in [0.25, 0.3) is 0 Å². The maximum absolute atomic E-state index is 12.3. The lowest BCUT2D eigenvalue weighted by atomic mass is 10.0. The molecule has 2 aliphatic heterocycles. The van der Waals surface area contributed by atoms with Crippen LogP contribution in [-0.4, -0.2) is 48.5 Å². The van der Waals surface area contributed by atoms with E-state index >= 15 is 0 Å². The van der Waals surface area contributed by atoms with Gasteiger partial charge in [0, 0.05) is 23.9 Å². The molecule has 1 atom stereocenters. The van der Waals surface area contributed by atoms with Gasteiger partial charge in [0.2, 0.25) is 0 Å². The van der Waals surface area contributed by atoms with E-state index < -0.39 is 30.8 Å². The number of ether oxygens (including phenoxy) is 1. The van der Waals surface area contributed by atoms with Gasteiger partial charge in [-0.3, -0.25) is 9.69 Å². The molecule has 0 aromatic carbocycles. The summed E-state index contributed by atoms with van der Waals surface area (Å²) in [6.07, 6.45) is 2.93. The predicted octanol–water partition coefficient (Wildman–Crippen LogP) is 2.69. The van der Waals surface area contributed by atoms with E-state index in [1.54, 1.807) is 11.5 Å². The van der Waals surface area contributed by atoms with Gasteiger partial charge in [-0.2, -0.15) is 13.2 Å². The number of amides is 2. The first-order chi connectivity index (χ1) is 13.3. The summed E-state index contributed by atoms with van der Waals surface area (Å²) in [5, 5.41) is 5.54. The van der Waals surface area contributed by atoms with Crippen molar-refractivity contribution in [1.82, 2.24) is 10.2 Å². The number of rotatable bonds is 3. The van der Waals surface area contributed by atoms with Gasteiger partial charge in [0.05, 0.1) is 13.1 Å². The summed E-state index contributed by atoms with van der Waals surface area (Å²) in [5.41, 5.74) is 3.74. The maximum Gasteiger partial charge on any atom is 0.471 e. The molecule has 0 unspecified atom stereocenters.